The summed E-state index contributed by atoms with van der Waals surface area (Å²) < 4.78 is 5.43. The van der Waals surface area contributed by atoms with Crippen LogP contribution in [-0.2, 0) is 9.59 Å². The third-order valence-corrected chi connectivity index (χ3v) is 7.54. The van der Waals surface area contributed by atoms with Crippen molar-refractivity contribution < 1.29 is 14.0 Å². The molecule has 0 N–H and O–H groups in total. The second-order valence-corrected chi connectivity index (χ2v) is 10.1. The molecule has 1 saturated heterocycles. The number of likely N-dealkylation sites (tertiary alicyclic amines) is 1. The Morgan fingerprint density at radius 3 is 2.68 bits per heavy atom. The highest BCUT2D eigenvalue weighted by Gasteiger charge is 2.58. The minimum atomic E-state index is -0.605. The summed E-state index contributed by atoms with van der Waals surface area (Å²) in [6.45, 7) is 2.07. The smallest absolute Gasteiger partial charge is 0.256 e. The lowest BCUT2D eigenvalue weighted by Gasteiger charge is -2.23. The first kappa shape index (κ1) is 19.9. The van der Waals surface area contributed by atoms with Crippen molar-refractivity contribution in [3.8, 4) is 11.1 Å². The molecule has 8 heteroatoms. The number of nitrogens with zero attached hydrogens (tertiary/aromatic N) is 5. The Hall–Kier alpha value is -3.55. The van der Waals surface area contributed by atoms with Gasteiger partial charge in [0.1, 0.15) is 11.1 Å². The van der Waals surface area contributed by atoms with Crippen LogP contribution in [0.3, 0.4) is 0 Å². The third-order valence-electron chi connectivity index (χ3n) is 7.54. The summed E-state index contributed by atoms with van der Waals surface area (Å²) in [7, 11) is 0. The molecular weight excluding hydrogens is 430 g/mol. The van der Waals surface area contributed by atoms with E-state index >= 15 is 0 Å². The van der Waals surface area contributed by atoms with E-state index in [9.17, 15) is 9.59 Å². The number of hydrogen-bond donors (Lipinski definition) is 0. The van der Waals surface area contributed by atoms with E-state index in [1.807, 2.05) is 29.2 Å². The number of carbonyl (C=O) groups is 2. The topological polar surface area (TPSA) is 91.9 Å². The summed E-state index contributed by atoms with van der Waals surface area (Å²) in [5.74, 6) is 1.90. The predicted octanol–water partition coefficient (Wildman–Crippen LogP) is 3.27. The molecule has 172 valence electrons. The average Bonchev–Trinajstić information content (AvgIpc) is 3.74. The SMILES string of the molecule is O=C(C1CC1)N1CC[C@@H](CN2C(=O)C3(CC3)N=C2c2ncc(-c3ccc4occc4c3)cn2)C1. The van der Waals surface area contributed by atoms with Crippen LogP contribution in [0.4, 0.5) is 0 Å². The highest BCUT2D eigenvalue weighted by Crippen LogP contribution is 2.46. The average molecular weight is 456 g/mol. The Labute approximate surface area is 196 Å². The number of amidine groups is 1. The van der Waals surface area contributed by atoms with Crippen LogP contribution in [0.15, 0.2) is 52.3 Å². The lowest BCUT2D eigenvalue weighted by Crippen LogP contribution is -2.41. The number of rotatable bonds is 5. The lowest BCUT2D eigenvalue weighted by molar-refractivity contribution is -0.131. The number of benzene rings is 1. The first-order valence-electron chi connectivity index (χ1n) is 12.1. The molecule has 2 saturated carbocycles. The summed E-state index contributed by atoms with van der Waals surface area (Å²) in [5, 5.41) is 1.03. The molecule has 7 rings (SSSR count). The molecule has 0 radical (unpaired) electrons. The zero-order valence-corrected chi connectivity index (χ0v) is 18.8. The molecule has 4 aliphatic rings. The number of hydrogen-bond acceptors (Lipinski definition) is 6. The highest BCUT2D eigenvalue weighted by atomic mass is 16.3. The van der Waals surface area contributed by atoms with Crippen molar-refractivity contribution in [2.75, 3.05) is 19.6 Å². The fourth-order valence-electron chi connectivity index (χ4n) is 5.21. The van der Waals surface area contributed by atoms with Gasteiger partial charge in [-0.3, -0.25) is 14.5 Å². The van der Waals surface area contributed by atoms with Crippen molar-refractivity contribution in [1.29, 1.82) is 0 Å². The van der Waals surface area contributed by atoms with Gasteiger partial charge in [-0.05, 0) is 61.8 Å². The van der Waals surface area contributed by atoms with Crippen LogP contribution in [0.1, 0.15) is 37.9 Å². The zero-order chi connectivity index (χ0) is 22.9. The van der Waals surface area contributed by atoms with Crippen LogP contribution in [0, 0.1) is 11.8 Å². The molecule has 1 aromatic carbocycles. The number of aromatic nitrogens is 2. The molecule has 2 aliphatic heterocycles. The van der Waals surface area contributed by atoms with Gasteiger partial charge in [0.05, 0.1) is 6.26 Å². The third kappa shape index (κ3) is 3.23. The van der Waals surface area contributed by atoms with Crippen molar-refractivity contribution in [1.82, 2.24) is 19.8 Å². The van der Waals surface area contributed by atoms with Crippen LogP contribution in [-0.4, -0.2) is 62.6 Å². The van der Waals surface area contributed by atoms with E-state index in [4.69, 9.17) is 9.41 Å². The van der Waals surface area contributed by atoms with Crippen LogP contribution in [0.2, 0.25) is 0 Å². The number of fused-ring (bicyclic) bond motifs is 1. The fraction of sp³-hybridized carbons (Fsp3) is 0.423. The van der Waals surface area contributed by atoms with E-state index in [1.165, 1.54) is 0 Å². The molecular formula is C26H25N5O3. The quantitative estimate of drug-likeness (QED) is 0.589. The molecule has 3 fully saturated rings. The predicted molar refractivity (Wildman–Crippen MR) is 125 cm³/mol. The Kier molecular flexibility index (Phi) is 4.22. The normalized spacial score (nSPS) is 23.2. The minimum Gasteiger partial charge on any atom is -0.464 e. The van der Waals surface area contributed by atoms with E-state index in [0.29, 0.717) is 18.2 Å². The maximum absolute atomic E-state index is 13.2. The van der Waals surface area contributed by atoms with Crippen LogP contribution in [0.5, 0.6) is 0 Å². The molecule has 3 aromatic rings. The summed E-state index contributed by atoms with van der Waals surface area (Å²) in [4.78, 5) is 43.5. The summed E-state index contributed by atoms with van der Waals surface area (Å²) in [6, 6.07) is 7.91. The fourth-order valence-corrected chi connectivity index (χ4v) is 5.21. The van der Waals surface area contributed by atoms with Gasteiger partial charge in [0.15, 0.2) is 11.7 Å². The largest absolute Gasteiger partial charge is 0.464 e. The molecule has 2 aromatic heterocycles. The van der Waals surface area contributed by atoms with Gasteiger partial charge in [-0.1, -0.05) is 6.07 Å². The standard InChI is InChI=1S/C26H25N5O3/c32-24(17-1-2-17)30-9-5-16(14-30)15-31-23(29-26(7-8-26)25(31)33)22-27-12-20(13-28-22)18-3-4-21-19(11-18)6-10-34-21/h3-4,6,10-13,16-17H,1-2,5,7-9,14-15H2/t16-/m1/s1. The summed E-state index contributed by atoms with van der Waals surface area (Å²) in [6.07, 6.45) is 9.78. The number of carbonyl (C=O) groups excluding carboxylic acids is 2. The van der Waals surface area contributed by atoms with Gasteiger partial charge in [0.2, 0.25) is 5.91 Å². The van der Waals surface area contributed by atoms with Gasteiger partial charge in [-0.15, -0.1) is 0 Å². The Morgan fingerprint density at radius 1 is 1.09 bits per heavy atom. The van der Waals surface area contributed by atoms with Gasteiger partial charge >= 0.3 is 0 Å². The molecule has 34 heavy (non-hydrogen) atoms. The number of amides is 2. The molecule has 2 amide bonds. The Bertz CT molecular complexity index is 1340. The van der Waals surface area contributed by atoms with Crippen LogP contribution < -0.4 is 0 Å². The summed E-state index contributed by atoms with van der Waals surface area (Å²) >= 11 is 0. The van der Waals surface area contributed by atoms with Gasteiger partial charge in [-0.25, -0.2) is 15.0 Å². The zero-order valence-electron chi connectivity index (χ0n) is 18.8. The van der Waals surface area contributed by atoms with Gasteiger partial charge in [-0.2, -0.15) is 0 Å². The molecule has 2 aliphatic carbocycles. The first-order valence-corrected chi connectivity index (χ1v) is 12.1. The molecule has 1 atom stereocenters. The van der Waals surface area contributed by atoms with Crippen molar-refractivity contribution in [3.63, 3.8) is 0 Å². The monoisotopic (exact) mass is 455 g/mol. The Morgan fingerprint density at radius 2 is 1.91 bits per heavy atom. The maximum Gasteiger partial charge on any atom is 0.256 e. The molecule has 0 bridgehead atoms. The Balaban J connectivity index is 1.12. The van der Waals surface area contributed by atoms with Crippen LogP contribution >= 0.6 is 0 Å². The minimum absolute atomic E-state index is 0.0626. The van der Waals surface area contributed by atoms with Gasteiger partial charge < -0.3 is 9.32 Å². The summed E-state index contributed by atoms with van der Waals surface area (Å²) in [5.41, 5.74) is 2.14. The van der Waals surface area contributed by atoms with E-state index in [1.54, 1.807) is 23.6 Å². The van der Waals surface area contributed by atoms with Crippen LogP contribution in [0.25, 0.3) is 22.1 Å². The van der Waals surface area contributed by atoms with Crippen molar-refractivity contribution in [2.45, 2.75) is 37.6 Å². The number of furan rings is 1. The van der Waals surface area contributed by atoms with E-state index < -0.39 is 5.54 Å². The first-order chi connectivity index (χ1) is 16.6. The molecule has 8 nitrogen and oxygen atoms in total. The van der Waals surface area contributed by atoms with E-state index in [-0.39, 0.29) is 23.7 Å². The molecule has 0 unspecified atom stereocenters. The van der Waals surface area contributed by atoms with Gasteiger partial charge in [0, 0.05) is 48.9 Å². The second-order valence-electron chi connectivity index (χ2n) is 10.1. The highest BCUT2D eigenvalue weighted by molar-refractivity contribution is 6.15. The van der Waals surface area contributed by atoms with E-state index in [0.717, 1.165) is 67.3 Å². The van der Waals surface area contributed by atoms with Crippen molar-refractivity contribution in [2.24, 2.45) is 16.8 Å². The lowest BCUT2D eigenvalue weighted by atomic mass is 10.1. The van der Waals surface area contributed by atoms with Gasteiger partial charge in [0.25, 0.3) is 5.91 Å². The van der Waals surface area contributed by atoms with E-state index in [2.05, 4.69) is 9.97 Å². The second kappa shape index (κ2) is 7.22. The number of aliphatic imine (C=N–C) groups is 1. The molecule has 1 spiro atoms. The van der Waals surface area contributed by atoms with Crippen molar-refractivity contribution >= 4 is 28.6 Å². The molecule has 4 heterocycles. The van der Waals surface area contributed by atoms with Crippen molar-refractivity contribution in [3.05, 3.63) is 48.7 Å². The maximum atomic E-state index is 13.2.